The molecule has 1 saturated carbocycles. The third-order valence-electron chi connectivity index (χ3n) is 4.55. The van der Waals surface area contributed by atoms with Gasteiger partial charge in [0.2, 0.25) is 0 Å². The Morgan fingerprint density at radius 1 is 1.25 bits per heavy atom. The molecule has 2 heterocycles. The van der Waals surface area contributed by atoms with Gasteiger partial charge in [0, 0.05) is 38.2 Å². The van der Waals surface area contributed by atoms with Gasteiger partial charge >= 0.3 is 0 Å². The quantitative estimate of drug-likeness (QED) is 0.799. The first-order valence-electron chi connectivity index (χ1n) is 7.67. The van der Waals surface area contributed by atoms with E-state index in [4.69, 9.17) is 16.6 Å². The second kappa shape index (κ2) is 5.86. The smallest absolute Gasteiger partial charge is 0.135 e. The monoisotopic (exact) mass is 294 g/mol. The molecule has 3 rings (SSSR count). The van der Waals surface area contributed by atoms with E-state index in [2.05, 4.69) is 28.8 Å². The number of aromatic nitrogens is 2. The Bertz CT molecular complexity index is 467. The maximum Gasteiger partial charge on any atom is 0.135 e. The standard InChI is InChI=1S/C15H23ClN4/c1-3-20-8-6-12(7-9-20)19(2)14-10-13(16)17-15(18-14)11-4-5-11/h10-12H,3-9H2,1-2H3. The fraction of sp³-hybridized carbons (Fsp3) is 0.733. The molecule has 1 aromatic rings. The molecule has 4 nitrogen and oxygen atoms in total. The highest BCUT2D eigenvalue weighted by Crippen LogP contribution is 2.39. The molecule has 0 N–H and O–H groups in total. The molecule has 2 fully saturated rings. The van der Waals surface area contributed by atoms with E-state index in [0.29, 0.717) is 17.1 Å². The molecule has 0 unspecified atom stereocenters. The van der Waals surface area contributed by atoms with Gasteiger partial charge in [-0.2, -0.15) is 0 Å². The third-order valence-corrected chi connectivity index (χ3v) is 4.75. The Labute approximate surface area is 126 Å². The van der Waals surface area contributed by atoms with E-state index in [1.165, 1.54) is 38.8 Å². The van der Waals surface area contributed by atoms with Gasteiger partial charge in [0.05, 0.1) is 0 Å². The van der Waals surface area contributed by atoms with Crippen LogP contribution in [-0.2, 0) is 0 Å². The number of nitrogens with zero attached hydrogens (tertiary/aromatic N) is 4. The first-order chi connectivity index (χ1) is 9.67. The van der Waals surface area contributed by atoms with Gasteiger partial charge in [-0.3, -0.25) is 0 Å². The summed E-state index contributed by atoms with van der Waals surface area (Å²) in [6, 6.07) is 2.47. The van der Waals surface area contributed by atoms with Crippen LogP contribution in [0.1, 0.15) is 44.3 Å². The second-order valence-electron chi connectivity index (χ2n) is 5.96. The minimum absolute atomic E-state index is 0.544. The van der Waals surface area contributed by atoms with Crippen molar-refractivity contribution in [3.8, 4) is 0 Å². The van der Waals surface area contributed by atoms with E-state index < -0.39 is 0 Å². The summed E-state index contributed by atoms with van der Waals surface area (Å²) in [6.07, 6.45) is 4.81. The average Bonchev–Trinajstić information content (AvgIpc) is 3.30. The van der Waals surface area contributed by atoms with E-state index in [0.717, 1.165) is 18.2 Å². The first kappa shape index (κ1) is 14.1. The zero-order chi connectivity index (χ0) is 14.1. The van der Waals surface area contributed by atoms with Gasteiger partial charge < -0.3 is 9.80 Å². The number of rotatable bonds is 4. The summed E-state index contributed by atoms with van der Waals surface area (Å²) >= 11 is 6.16. The van der Waals surface area contributed by atoms with Crippen molar-refractivity contribution in [1.29, 1.82) is 0 Å². The summed E-state index contributed by atoms with van der Waals surface area (Å²) in [4.78, 5) is 13.9. The van der Waals surface area contributed by atoms with E-state index >= 15 is 0 Å². The Morgan fingerprint density at radius 2 is 1.95 bits per heavy atom. The fourth-order valence-electron chi connectivity index (χ4n) is 2.94. The Kier molecular flexibility index (Phi) is 4.13. The van der Waals surface area contributed by atoms with Gasteiger partial charge in [0.25, 0.3) is 0 Å². The van der Waals surface area contributed by atoms with Gasteiger partial charge in [0.1, 0.15) is 16.8 Å². The van der Waals surface area contributed by atoms with Gasteiger partial charge in [-0.25, -0.2) is 9.97 Å². The summed E-state index contributed by atoms with van der Waals surface area (Å²) in [5, 5.41) is 0.578. The lowest BCUT2D eigenvalue weighted by Gasteiger charge is -2.36. The number of halogens is 1. The van der Waals surface area contributed by atoms with E-state index in [1.54, 1.807) is 0 Å². The normalized spacial score (nSPS) is 21.1. The number of hydrogen-bond donors (Lipinski definition) is 0. The topological polar surface area (TPSA) is 32.3 Å². The molecular formula is C15H23ClN4. The van der Waals surface area contributed by atoms with Crippen LogP contribution >= 0.6 is 11.6 Å². The highest BCUT2D eigenvalue weighted by atomic mass is 35.5. The molecule has 5 heteroatoms. The number of likely N-dealkylation sites (tertiary alicyclic amines) is 1. The van der Waals surface area contributed by atoms with Crippen molar-refractivity contribution >= 4 is 17.4 Å². The molecule has 0 aromatic carbocycles. The molecule has 20 heavy (non-hydrogen) atoms. The van der Waals surface area contributed by atoms with Gasteiger partial charge in [-0.15, -0.1) is 0 Å². The van der Waals surface area contributed by atoms with E-state index in [-0.39, 0.29) is 0 Å². The summed E-state index contributed by atoms with van der Waals surface area (Å²) in [5.74, 6) is 2.47. The van der Waals surface area contributed by atoms with Gasteiger partial charge in [0.15, 0.2) is 0 Å². The predicted molar refractivity (Wildman–Crippen MR) is 82.6 cm³/mol. The third kappa shape index (κ3) is 3.07. The first-order valence-corrected chi connectivity index (χ1v) is 8.05. The maximum absolute atomic E-state index is 6.16. The van der Waals surface area contributed by atoms with Crippen LogP contribution in [0.25, 0.3) is 0 Å². The zero-order valence-corrected chi connectivity index (χ0v) is 13.1. The predicted octanol–water partition coefficient (Wildman–Crippen LogP) is 2.93. The molecule has 0 amide bonds. The Hall–Kier alpha value is -0.870. The van der Waals surface area contributed by atoms with Crippen molar-refractivity contribution in [2.45, 2.75) is 44.6 Å². The summed E-state index contributed by atoms with van der Waals surface area (Å²) in [6.45, 7) is 5.75. The largest absolute Gasteiger partial charge is 0.356 e. The van der Waals surface area contributed by atoms with Crippen LogP contribution in [0.2, 0.25) is 5.15 Å². The van der Waals surface area contributed by atoms with Gasteiger partial charge in [-0.05, 0) is 32.2 Å². The molecule has 0 spiro atoms. The molecular weight excluding hydrogens is 272 g/mol. The molecule has 1 aromatic heterocycles. The number of hydrogen-bond acceptors (Lipinski definition) is 4. The Balaban J connectivity index is 1.71. The zero-order valence-electron chi connectivity index (χ0n) is 12.3. The molecule has 0 atom stereocenters. The van der Waals surface area contributed by atoms with Crippen molar-refractivity contribution in [2.75, 3.05) is 31.6 Å². The van der Waals surface area contributed by atoms with Crippen LogP contribution < -0.4 is 4.90 Å². The Morgan fingerprint density at radius 3 is 2.55 bits per heavy atom. The van der Waals surface area contributed by atoms with Crippen LogP contribution in [-0.4, -0.2) is 47.6 Å². The molecule has 0 radical (unpaired) electrons. The van der Waals surface area contributed by atoms with E-state index in [1.807, 2.05) is 6.07 Å². The van der Waals surface area contributed by atoms with Crippen LogP contribution in [0.5, 0.6) is 0 Å². The lowest BCUT2D eigenvalue weighted by molar-refractivity contribution is 0.220. The van der Waals surface area contributed by atoms with Crippen molar-refractivity contribution in [3.63, 3.8) is 0 Å². The lowest BCUT2D eigenvalue weighted by Crippen LogP contribution is -2.43. The molecule has 0 bridgehead atoms. The highest BCUT2D eigenvalue weighted by molar-refractivity contribution is 6.29. The van der Waals surface area contributed by atoms with Crippen LogP contribution in [0, 0.1) is 0 Å². The van der Waals surface area contributed by atoms with Crippen LogP contribution in [0.15, 0.2) is 6.07 Å². The van der Waals surface area contributed by atoms with Crippen molar-refractivity contribution in [1.82, 2.24) is 14.9 Å². The van der Waals surface area contributed by atoms with Crippen molar-refractivity contribution in [2.24, 2.45) is 0 Å². The molecule has 110 valence electrons. The summed E-state index contributed by atoms with van der Waals surface area (Å²) in [7, 11) is 2.14. The highest BCUT2D eigenvalue weighted by Gasteiger charge is 2.29. The fourth-order valence-corrected chi connectivity index (χ4v) is 3.12. The summed E-state index contributed by atoms with van der Waals surface area (Å²) < 4.78 is 0. The molecule has 1 aliphatic carbocycles. The minimum atomic E-state index is 0.544. The second-order valence-corrected chi connectivity index (χ2v) is 6.34. The minimum Gasteiger partial charge on any atom is -0.356 e. The number of piperidine rings is 1. The molecule has 1 aliphatic heterocycles. The summed E-state index contributed by atoms with van der Waals surface area (Å²) in [5.41, 5.74) is 0. The maximum atomic E-state index is 6.16. The van der Waals surface area contributed by atoms with Crippen molar-refractivity contribution in [3.05, 3.63) is 17.0 Å². The molecule has 2 aliphatic rings. The SMILES string of the molecule is CCN1CCC(N(C)c2cc(Cl)nc(C3CC3)n2)CC1. The average molecular weight is 295 g/mol. The van der Waals surface area contributed by atoms with Crippen LogP contribution in [0.3, 0.4) is 0 Å². The molecule has 1 saturated heterocycles. The van der Waals surface area contributed by atoms with Gasteiger partial charge in [-0.1, -0.05) is 18.5 Å². The lowest BCUT2D eigenvalue weighted by atomic mass is 10.0. The van der Waals surface area contributed by atoms with Crippen LogP contribution in [0.4, 0.5) is 5.82 Å². The number of anilines is 1. The van der Waals surface area contributed by atoms with Crippen molar-refractivity contribution < 1.29 is 0 Å². The van der Waals surface area contributed by atoms with E-state index in [9.17, 15) is 0 Å².